The van der Waals surface area contributed by atoms with Crippen LogP contribution in [0.1, 0.15) is 39.0 Å². The Morgan fingerprint density at radius 1 is 1.14 bits per heavy atom. The molecule has 0 saturated heterocycles. The van der Waals surface area contributed by atoms with Gasteiger partial charge in [0, 0.05) is 6.54 Å². The first-order valence-corrected chi connectivity index (χ1v) is 7.20. The second-order valence-corrected chi connectivity index (χ2v) is 5.01. The van der Waals surface area contributed by atoms with Crippen LogP contribution in [0, 0.1) is 0 Å². The number of Topliss-reactive ketones (excluding diaryl/α,β-unsaturated/α-hetero) is 1. The van der Waals surface area contributed by atoms with Gasteiger partial charge in [0.1, 0.15) is 0 Å². The smallest absolute Gasteiger partial charge is 0.237 e. The Bertz CT molecular complexity index is 355. The Labute approximate surface area is 125 Å². The fourth-order valence-electron chi connectivity index (χ4n) is 1.80. The highest BCUT2D eigenvalue weighted by molar-refractivity contribution is 5.89. The Morgan fingerprint density at radius 3 is 2.33 bits per heavy atom. The molecule has 21 heavy (non-hydrogen) atoms. The first-order valence-electron chi connectivity index (χ1n) is 7.20. The number of carbonyl (C=O) groups excluding carboxylic acids is 2. The van der Waals surface area contributed by atoms with Crippen LogP contribution in [0.5, 0.6) is 0 Å². The van der Waals surface area contributed by atoms with Crippen LogP contribution in [-0.4, -0.2) is 42.8 Å². The Morgan fingerprint density at radius 2 is 1.81 bits per heavy atom. The maximum absolute atomic E-state index is 11.9. The maximum Gasteiger partial charge on any atom is 0.237 e. The molecular formula is C13H28N6O2. The van der Waals surface area contributed by atoms with Crippen molar-refractivity contribution in [1.29, 1.82) is 0 Å². The Hall–Kier alpha value is -1.67. The molecule has 0 aliphatic rings. The number of nitrogens with zero attached hydrogens (tertiary/aromatic N) is 1. The molecule has 0 radical (unpaired) electrons. The van der Waals surface area contributed by atoms with E-state index in [2.05, 4.69) is 10.3 Å². The van der Waals surface area contributed by atoms with E-state index in [1.54, 1.807) is 0 Å². The molecular weight excluding hydrogens is 272 g/mol. The zero-order chi connectivity index (χ0) is 16.3. The summed E-state index contributed by atoms with van der Waals surface area (Å²) in [6.07, 6.45) is 3.26. The summed E-state index contributed by atoms with van der Waals surface area (Å²) in [5.41, 5.74) is 21.6. The second kappa shape index (κ2) is 11.0. The topological polar surface area (TPSA) is 163 Å². The highest BCUT2D eigenvalue weighted by atomic mass is 16.2. The lowest BCUT2D eigenvalue weighted by Gasteiger charge is -2.18. The van der Waals surface area contributed by atoms with Crippen molar-refractivity contribution in [3.8, 4) is 0 Å². The van der Waals surface area contributed by atoms with E-state index in [1.807, 2.05) is 0 Å². The molecule has 0 rings (SSSR count). The van der Waals surface area contributed by atoms with Crippen molar-refractivity contribution >= 4 is 17.6 Å². The number of nitrogens with one attached hydrogen (secondary N) is 1. The van der Waals surface area contributed by atoms with E-state index in [4.69, 9.17) is 22.9 Å². The van der Waals surface area contributed by atoms with Crippen molar-refractivity contribution in [3.05, 3.63) is 0 Å². The highest BCUT2D eigenvalue weighted by Crippen LogP contribution is 2.03. The van der Waals surface area contributed by atoms with Crippen LogP contribution in [0.15, 0.2) is 4.99 Å². The maximum atomic E-state index is 11.9. The van der Waals surface area contributed by atoms with Crippen molar-refractivity contribution in [2.45, 2.75) is 51.1 Å². The molecule has 0 aromatic carbocycles. The lowest BCUT2D eigenvalue weighted by molar-refractivity contribution is -0.127. The molecule has 0 aromatic rings. The fraction of sp³-hybridized carbons (Fsp3) is 0.769. The van der Waals surface area contributed by atoms with Crippen LogP contribution in [-0.2, 0) is 9.59 Å². The van der Waals surface area contributed by atoms with Crippen molar-refractivity contribution in [3.63, 3.8) is 0 Å². The van der Waals surface area contributed by atoms with Crippen molar-refractivity contribution in [2.24, 2.45) is 27.9 Å². The standard InChI is InChI=1S/C13H28N6O2/c1-9(20)11(6-4-8-18-13(16)17)19-12(21)10(15)5-2-3-7-14/h10-11H,2-8,14-15H2,1H3,(H,19,21)(H4,16,17,18). The Balaban J connectivity index is 4.20. The largest absolute Gasteiger partial charge is 0.370 e. The van der Waals surface area contributed by atoms with Crippen LogP contribution < -0.4 is 28.3 Å². The minimum Gasteiger partial charge on any atom is -0.370 e. The highest BCUT2D eigenvalue weighted by Gasteiger charge is 2.20. The number of unbranched alkanes of at least 4 members (excludes halogenated alkanes) is 1. The van der Waals surface area contributed by atoms with E-state index in [9.17, 15) is 9.59 Å². The molecule has 0 spiro atoms. The zero-order valence-electron chi connectivity index (χ0n) is 12.7. The van der Waals surface area contributed by atoms with Gasteiger partial charge in [-0.1, -0.05) is 6.42 Å². The first kappa shape index (κ1) is 19.3. The predicted molar refractivity (Wildman–Crippen MR) is 83.4 cm³/mol. The number of hydrogen-bond donors (Lipinski definition) is 5. The summed E-state index contributed by atoms with van der Waals surface area (Å²) < 4.78 is 0. The third-order valence-electron chi connectivity index (χ3n) is 3.06. The number of carbonyl (C=O) groups is 2. The summed E-state index contributed by atoms with van der Waals surface area (Å²) >= 11 is 0. The summed E-state index contributed by atoms with van der Waals surface area (Å²) in [4.78, 5) is 27.3. The molecule has 8 heteroatoms. The van der Waals surface area contributed by atoms with Crippen molar-refractivity contribution < 1.29 is 9.59 Å². The molecule has 0 aliphatic carbocycles. The Kier molecular flexibility index (Phi) is 10.2. The lowest BCUT2D eigenvalue weighted by Crippen LogP contribution is -2.48. The normalized spacial score (nSPS) is 13.3. The minimum atomic E-state index is -0.615. The summed E-state index contributed by atoms with van der Waals surface area (Å²) in [6, 6.07) is -1.16. The molecule has 0 heterocycles. The van der Waals surface area contributed by atoms with Crippen molar-refractivity contribution in [2.75, 3.05) is 13.1 Å². The minimum absolute atomic E-state index is 0.0142. The second-order valence-electron chi connectivity index (χ2n) is 5.01. The van der Waals surface area contributed by atoms with E-state index in [0.29, 0.717) is 32.4 Å². The van der Waals surface area contributed by atoms with Gasteiger partial charge < -0.3 is 28.3 Å². The zero-order valence-corrected chi connectivity index (χ0v) is 12.7. The van der Waals surface area contributed by atoms with Gasteiger partial charge in [0.15, 0.2) is 11.7 Å². The summed E-state index contributed by atoms with van der Waals surface area (Å²) in [5, 5.41) is 2.68. The van der Waals surface area contributed by atoms with E-state index >= 15 is 0 Å². The van der Waals surface area contributed by atoms with E-state index in [1.165, 1.54) is 6.92 Å². The number of aliphatic imine (C=N–C) groups is 1. The summed E-state index contributed by atoms with van der Waals surface area (Å²) in [6.45, 7) is 2.44. The predicted octanol–water partition coefficient (Wildman–Crippen LogP) is -1.43. The SMILES string of the molecule is CC(=O)C(CCCN=C(N)N)NC(=O)C(N)CCCCN. The molecule has 8 nitrogen and oxygen atoms in total. The average Bonchev–Trinajstić information content (AvgIpc) is 2.41. The molecule has 0 bridgehead atoms. The van der Waals surface area contributed by atoms with E-state index in [0.717, 1.165) is 12.8 Å². The van der Waals surface area contributed by atoms with Crippen LogP contribution in [0.4, 0.5) is 0 Å². The molecule has 1 amide bonds. The summed E-state index contributed by atoms with van der Waals surface area (Å²) in [5.74, 6) is -0.406. The van der Waals surface area contributed by atoms with E-state index < -0.39 is 12.1 Å². The van der Waals surface area contributed by atoms with Gasteiger partial charge in [0.05, 0.1) is 12.1 Å². The van der Waals surface area contributed by atoms with Crippen LogP contribution >= 0.6 is 0 Å². The van der Waals surface area contributed by atoms with Gasteiger partial charge in [0.2, 0.25) is 5.91 Å². The van der Waals surface area contributed by atoms with Gasteiger partial charge in [-0.3, -0.25) is 14.6 Å². The molecule has 0 fully saturated rings. The summed E-state index contributed by atoms with van der Waals surface area (Å²) in [7, 11) is 0. The van der Waals surface area contributed by atoms with Gasteiger partial charge >= 0.3 is 0 Å². The third-order valence-corrected chi connectivity index (χ3v) is 3.06. The van der Waals surface area contributed by atoms with E-state index in [-0.39, 0.29) is 17.6 Å². The number of hydrogen-bond acceptors (Lipinski definition) is 5. The molecule has 0 aromatic heterocycles. The molecule has 122 valence electrons. The monoisotopic (exact) mass is 300 g/mol. The number of nitrogens with two attached hydrogens (primary N) is 4. The van der Waals surface area contributed by atoms with Crippen LogP contribution in [0.25, 0.3) is 0 Å². The number of guanidine groups is 1. The molecule has 0 aliphatic heterocycles. The number of rotatable bonds is 11. The van der Waals surface area contributed by atoms with Crippen molar-refractivity contribution in [1.82, 2.24) is 5.32 Å². The molecule has 2 unspecified atom stereocenters. The molecule has 0 saturated carbocycles. The van der Waals surface area contributed by atoms with Gasteiger partial charge in [-0.15, -0.1) is 0 Å². The molecule has 9 N–H and O–H groups in total. The fourth-order valence-corrected chi connectivity index (χ4v) is 1.80. The van der Waals surface area contributed by atoms with Crippen LogP contribution in [0.2, 0.25) is 0 Å². The average molecular weight is 300 g/mol. The van der Waals surface area contributed by atoms with Gasteiger partial charge in [-0.05, 0) is 39.2 Å². The number of ketones is 1. The molecule has 2 atom stereocenters. The van der Waals surface area contributed by atoms with Crippen LogP contribution in [0.3, 0.4) is 0 Å². The van der Waals surface area contributed by atoms with Gasteiger partial charge in [0.25, 0.3) is 0 Å². The number of amides is 1. The first-order chi connectivity index (χ1) is 9.88. The third kappa shape index (κ3) is 9.80. The van der Waals surface area contributed by atoms with Gasteiger partial charge in [-0.25, -0.2) is 0 Å². The quantitative estimate of drug-likeness (QED) is 0.178. The lowest BCUT2D eigenvalue weighted by atomic mass is 10.1. The van der Waals surface area contributed by atoms with Gasteiger partial charge in [-0.2, -0.15) is 0 Å².